The van der Waals surface area contributed by atoms with Crippen molar-refractivity contribution < 1.29 is 18.7 Å². The minimum Gasteiger partial charge on any atom is -0.481 e. The molecule has 0 spiro atoms. The first-order valence-electron chi connectivity index (χ1n) is 10.9. The molecule has 0 aromatic carbocycles. The molecule has 7 nitrogen and oxygen atoms in total. The molecule has 0 radical (unpaired) electrons. The Morgan fingerprint density at radius 1 is 1.16 bits per heavy atom. The third-order valence-corrected chi connectivity index (χ3v) is 7.21. The fourth-order valence-corrected chi connectivity index (χ4v) is 5.86. The average molecular weight is 437 g/mol. The molecule has 6 rings (SSSR count). The Kier molecular flexibility index (Phi) is 4.28. The van der Waals surface area contributed by atoms with Crippen LogP contribution in [0.2, 0.25) is 0 Å². The van der Waals surface area contributed by atoms with Gasteiger partial charge in [-0.3, -0.25) is 4.79 Å². The van der Waals surface area contributed by atoms with Gasteiger partial charge in [-0.2, -0.15) is 0 Å². The second-order valence-corrected chi connectivity index (χ2v) is 9.03. The largest absolute Gasteiger partial charge is 0.481 e. The molecule has 0 aliphatic heterocycles. The number of aromatic nitrogens is 5. The summed E-state index contributed by atoms with van der Waals surface area (Å²) >= 11 is 0. The van der Waals surface area contributed by atoms with Crippen LogP contribution in [0.25, 0.3) is 33.5 Å². The maximum Gasteiger partial charge on any atom is 0.308 e. The molecule has 4 aromatic heterocycles. The van der Waals surface area contributed by atoms with E-state index in [4.69, 9.17) is 0 Å². The second-order valence-electron chi connectivity index (χ2n) is 9.03. The number of rotatable bonds is 3. The van der Waals surface area contributed by atoms with Gasteiger partial charge in [0.15, 0.2) is 11.6 Å². The molecule has 4 aromatic rings. The highest BCUT2D eigenvalue weighted by Gasteiger charge is 2.44. The Balaban J connectivity index is 1.52. The summed E-state index contributed by atoms with van der Waals surface area (Å²) in [5.74, 6) is -1.49. The molecule has 2 unspecified atom stereocenters. The topological polar surface area (TPSA) is 96.7 Å². The number of nitrogens with zero attached hydrogens (tertiary/aromatic N) is 4. The highest BCUT2D eigenvalue weighted by atomic mass is 19.1. The summed E-state index contributed by atoms with van der Waals surface area (Å²) in [5, 5.41) is 10.7. The molecule has 2 aliphatic rings. The molecule has 2 fully saturated rings. The summed E-state index contributed by atoms with van der Waals surface area (Å²) in [6.07, 6.45) is 10.2. The Bertz CT molecular complexity index is 1360. The minimum atomic E-state index is -0.846. The number of carbonyl (C=O) groups is 1. The smallest absolute Gasteiger partial charge is 0.308 e. The maximum atomic E-state index is 14.9. The minimum absolute atomic E-state index is 0.170. The fourth-order valence-electron chi connectivity index (χ4n) is 5.86. The first-order chi connectivity index (χ1) is 15.5. The first-order valence-corrected chi connectivity index (χ1v) is 10.9. The SMILES string of the molecule is O=C(O)[C@@H]1CC2CCCC(C2)[C@H]1n1cc(F)c2cnc(-c3c[nH]c4ncc(F)cc34)nc21. The van der Waals surface area contributed by atoms with Gasteiger partial charge in [0, 0.05) is 29.5 Å². The summed E-state index contributed by atoms with van der Waals surface area (Å²) in [6, 6.07) is 0.992. The number of pyridine rings is 1. The highest BCUT2D eigenvalue weighted by Crippen LogP contribution is 2.49. The second kappa shape index (κ2) is 7.08. The maximum absolute atomic E-state index is 14.9. The third-order valence-electron chi connectivity index (χ3n) is 7.21. The zero-order valence-electron chi connectivity index (χ0n) is 17.1. The van der Waals surface area contributed by atoms with Crippen LogP contribution in [0, 0.1) is 29.4 Å². The third kappa shape index (κ3) is 2.91. The number of hydrogen-bond donors (Lipinski definition) is 2. The van der Waals surface area contributed by atoms with E-state index in [1.165, 1.54) is 18.5 Å². The normalized spacial score (nSPS) is 25.4. The molecular weight excluding hydrogens is 416 g/mol. The van der Waals surface area contributed by atoms with Gasteiger partial charge in [0.25, 0.3) is 0 Å². The van der Waals surface area contributed by atoms with E-state index in [-0.39, 0.29) is 17.3 Å². The Labute approximate surface area is 181 Å². The van der Waals surface area contributed by atoms with Gasteiger partial charge in [-0.15, -0.1) is 0 Å². The summed E-state index contributed by atoms with van der Waals surface area (Å²) < 4.78 is 30.4. The number of aliphatic carboxylic acids is 1. The van der Waals surface area contributed by atoms with Gasteiger partial charge in [0.2, 0.25) is 0 Å². The number of carboxylic acids is 1. The van der Waals surface area contributed by atoms with E-state index in [2.05, 4.69) is 19.9 Å². The van der Waals surface area contributed by atoms with Crippen LogP contribution in [-0.4, -0.2) is 35.6 Å². The lowest BCUT2D eigenvalue weighted by atomic mass is 9.65. The lowest BCUT2D eigenvalue weighted by Gasteiger charge is -2.44. The van der Waals surface area contributed by atoms with Crippen molar-refractivity contribution in [3.05, 3.63) is 42.5 Å². The number of hydrogen-bond acceptors (Lipinski definition) is 4. The van der Waals surface area contributed by atoms with E-state index in [0.717, 1.165) is 31.9 Å². The van der Waals surface area contributed by atoms with Crippen LogP contribution in [0.3, 0.4) is 0 Å². The monoisotopic (exact) mass is 437 g/mol. The van der Waals surface area contributed by atoms with Crippen molar-refractivity contribution in [2.45, 2.75) is 38.1 Å². The fraction of sp³-hybridized carbons (Fsp3) is 0.391. The average Bonchev–Trinajstić information content (AvgIpc) is 3.34. The van der Waals surface area contributed by atoms with E-state index >= 15 is 0 Å². The standard InChI is InChI=1S/C23H21F2N5O2/c24-13-6-14-16(8-27-20(14)26-7-13)21-28-9-17-18(25)10-30(22(17)29-21)19-12-3-1-2-11(4-12)5-15(19)23(31)32/h6-12,15,19H,1-5H2,(H,26,27)(H,31,32)/t11?,12?,15-,19-/m1/s1. The summed E-state index contributed by atoms with van der Waals surface area (Å²) in [4.78, 5) is 28.1. The lowest BCUT2D eigenvalue weighted by Crippen LogP contribution is -2.40. The molecule has 9 heteroatoms. The molecule has 32 heavy (non-hydrogen) atoms. The number of halogens is 2. The van der Waals surface area contributed by atoms with Crippen molar-refractivity contribution in [2.24, 2.45) is 17.8 Å². The first kappa shape index (κ1) is 19.3. The van der Waals surface area contributed by atoms with E-state index < -0.39 is 23.5 Å². The van der Waals surface area contributed by atoms with Crippen molar-refractivity contribution in [3.63, 3.8) is 0 Å². The van der Waals surface area contributed by atoms with Crippen molar-refractivity contribution in [3.8, 4) is 11.4 Å². The van der Waals surface area contributed by atoms with Crippen LogP contribution in [-0.2, 0) is 4.79 Å². The highest BCUT2D eigenvalue weighted by molar-refractivity contribution is 5.92. The molecule has 4 atom stereocenters. The van der Waals surface area contributed by atoms with Gasteiger partial charge in [0.1, 0.15) is 17.1 Å². The zero-order valence-corrected chi connectivity index (χ0v) is 17.1. The quantitative estimate of drug-likeness (QED) is 0.484. The Hall–Kier alpha value is -3.36. The van der Waals surface area contributed by atoms with Crippen LogP contribution < -0.4 is 0 Å². The predicted octanol–water partition coefficient (Wildman–Crippen LogP) is 4.70. The predicted molar refractivity (Wildman–Crippen MR) is 113 cm³/mol. The summed E-state index contributed by atoms with van der Waals surface area (Å²) in [5.41, 5.74) is 1.42. The molecule has 0 saturated heterocycles. The van der Waals surface area contributed by atoms with Crippen molar-refractivity contribution in [1.29, 1.82) is 0 Å². The van der Waals surface area contributed by atoms with Gasteiger partial charge in [-0.05, 0) is 37.2 Å². The van der Waals surface area contributed by atoms with Gasteiger partial charge in [-0.1, -0.05) is 12.8 Å². The van der Waals surface area contributed by atoms with Gasteiger partial charge >= 0.3 is 5.97 Å². The molecule has 2 saturated carbocycles. The van der Waals surface area contributed by atoms with Gasteiger partial charge < -0.3 is 14.7 Å². The number of H-pyrrole nitrogens is 1. The zero-order chi connectivity index (χ0) is 22.0. The molecule has 164 valence electrons. The molecule has 0 amide bonds. The number of aromatic amines is 1. The van der Waals surface area contributed by atoms with Gasteiger partial charge in [-0.25, -0.2) is 23.7 Å². The molecule has 2 bridgehead atoms. The van der Waals surface area contributed by atoms with Crippen LogP contribution in [0.5, 0.6) is 0 Å². The Morgan fingerprint density at radius 3 is 2.88 bits per heavy atom. The van der Waals surface area contributed by atoms with E-state index in [9.17, 15) is 18.7 Å². The van der Waals surface area contributed by atoms with E-state index in [0.29, 0.717) is 40.4 Å². The Morgan fingerprint density at radius 2 is 2.03 bits per heavy atom. The van der Waals surface area contributed by atoms with Crippen molar-refractivity contribution in [1.82, 2.24) is 24.5 Å². The number of carboxylic acid groups (broad SMARTS) is 1. The molecule has 2 N–H and O–H groups in total. The van der Waals surface area contributed by atoms with Crippen LogP contribution in [0.4, 0.5) is 8.78 Å². The summed E-state index contributed by atoms with van der Waals surface area (Å²) in [7, 11) is 0. The van der Waals surface area contributed by atoms with Gasteiger partial charge in [0.05, 0.1) is 23.5 Å². The van der Waals surface area contributed by atoms with Crippen LogP contribution >= 0.6 is 0 Å². The number of nitrogens with one attached hydrogen (secondary N) is 1. The molecular formula is C23H21F2N5O2. The molecule has 2 aliphatic carbocycles. The lowest BCUT2D eigenvalue weighted by molar-refractivity contribution is -0.147. The molecule has 4 heterocycles. The van der Waals surface area contributed by atoms with Crippen LogP contribution in [0.15, 0.2) is 30.9 Å². The number of fused-ring (bicyclic) bond motifs is 4. The van der Waals surface area contributed by atoms with Crippen LogP contribution in [0.1, 0.15) is 38.1 Å². The van der Waals surface area contributed by atoms with Crippen molar-refractivity contribution >= 4 is 28.0 Å². The van der Waals surface area contributed by atoms with E-state index in [1.54, 1.807) is 10.8 Å². The van der Waals surface area contributed by atoms with E-state index in [1.807, 2.05) is 0 Å². The summed E-state index contributed by atoms with van der Waals surface area (Å²) in [6.45, 7) is 0. The van der Waals surface area contributed by atoms with Crippen molar-refractivity contribution in [2.75, 3.05) is 0 Å².